The zero-order chi connectivity index (χ0) is 19.7. The normalized spacial score (nSPS) is 13.3. The summed E-state index contributed by atoms with van der Waals surface area (Å²) in [5.41, 5.74) is 1.71. The minimum atomic E-state index is -0.482. The van der Waals surface area contributed by atoms with Crippen LogP contribution in [0.3, 0.4) is 0 Å². The number of carbonyl (C=O) groups excluding carboxylic acids is 1. The molecule has 1 aliphatic heterocycles. The number of carbonyl (C=O) groups is 1. The summed E-state index contributed by atoms with van der Waals surface area (Å²) in [4.78, 5) is 33.9. The second-order valence-corrected chi connectivity index (χ2v) is 6.73. The van der Waals surface area contributed by atoms with Crippen molar-refractivity contribution in [3.8, 4) is 0 Å². The molecule has 0 saturated carbocycles. The predicted octanol–water partition coefficient (Wildman–Crippen LogP) is 2.84. The van der Waals surface area contributed by atoms with E-state index in [1.165, 1.54) is 35.2 Å². The second-order valence-electron chi connectivity index (χ2n) is 6.73. The van der Waals surface area contributed by atoms with E-state index >= 15 is 0 Å². The molecule has 0 unspecified atom stereocenters. The van der Waals surface area contributed by atoms with Gasteiger partial charge in [-0.3, -0.25) is 9.59 Å². The molecule has 7 heteroatoms. The minimum absolute atomic E-state index is 0.118. The van der Waals surface area contributed by atoms with Crippen LogP contribution in [0.1, 0.15) is 33.0 Å². The summed E-state index contributed by atoms with van der Waals surface area (Å²) in [6.45, 7) is 0.505. The fourth-order valence-corrected chi connectivity index (χ4v) is 3.38. The molecule has 2 heterocycles. The third-order valence-corrected chi connectivity index (χ3v) is 4.74. The second kappa shape index (κ2) is 7.34. The summed E-state index contributed by atoms with van der Waals surface area (Å²) in [6.07, 6.45) is 0.739. The number of nitrogens with zero attached hydrogens (tertiary/aromatic N) is 2. The van der Waals surface area contributed by atoms with Crippen LogP contribution < -0.4 is 5.56 Å². The van der Waals surface area contributed by atoms with Crippen LogP contribution >= 0.6 is 0 Å². The molecule has 3 aromatic rings. The standard InChI is InChI=1S/C21H17F2N3O2/c22-15-5-1-3-13(9-15)10-19-24-18-7-8-26(12-17(18)20(27)25-19)21(28)14-4-2-6-16(23)11-14/h1-6,9,11H,7-8,10,12H2,(H,24,25,27). The Morgan fingerprint density at radius 2 is 1.86 bits per heavy atom. The number of fused-ring (bicyclic) bond motifs is 1. The van der Waals surface area contributed by atoms with Crippen molar-refractivity contribution in [2.45, 2.75) is 19.4 Å². The lowest BCUT2D eigenvalue weighted by molar-refractivity contribution is 0.0732. The van der Waals surface area contributed by atoms with Crippen LogP contribution in [0.2, 0.25) is 0 Å². The molecule has 5 nitrogen and oxygen atoms in total. The molecule has 1 aromatic heterocycles. The van der Waals surface area contributed by atoms with Crippen molar-refractivity contribution in [3.05, 3.63) is 98.7 Å². The predicted molar refractivity (Wildman–Crippen MR) is 98.9 cm³/mol. The molecule has 0 bridgehead atoms. The Bertz CT molecular complexity index is 1110. The van der Waals surface area contributed by atoms with Crippen LogP contribution in [0, 0.1) is 11.6 Å². The summed E-state index contributed by atoms with van der Waals surface area (Å²) in [5, 5.41) is 0. The molecule has 0 fully saturated rings. The number of aromatic nitrogens is 2. The number of halogens is 2. The first-order chi connectivity index (χ1) is 13.5. The maximum Gasteiger partial charge on any atom is 0.256 e. The highest BCUT2D eigenvalue weighted by Gasteiger charge is 2.25. The van der Waals surface area contributed by atoms with Gasteiger partial charge in [0.05, 0.1) is 17.8 Å². The van der Waals surface area contributed by atoms with Gasteiger partial charge in [0.1, 0.15) is 17.5 Å². The quantitative estimate of drug-likeness (QED) is 0.759. The van der Waals surface area contributed by atoms with E-state index < -0.39 is 5.82 Å². The van der Waals surface area contributed by atoms with Gasteiger partial charge in [-0.1, -0.05) is 18.2 Å². The highest BCUT2D eigenvalue weighted by atomic mass is 19.1. The fraction of sp³-hybridized carbons (Fsp3) is 0.190. The average Bonchev–Trinajstić information content (AvgIpc) is 2.67. The molecular formula is C21H17F2N3O2. The molecule has 1 aliphatic rings. The Hall–Kier alpha value is -3.35. The summed E-state index contributed by atoms with van der Waals surface area (Å²) in [7, 11) is 0. The van der Waals surface area contributed by atoms with Crippen molar-refractivity contribution in [2.24, 2.45) is 0 Å². The average molecular weight is 381 g/mol. The van der Waals surface area contributed by atoms with Crippen LogP contribution in [0.4, 0.5) is 8.78 Å². The number of aromatic amines is 1. The smallest absolute Gasteiger partial charge is 0.256 e. The van der Waals surface area contributed by atoms with Crippen molar-refractivity contribution in [1.29, 1.82) is 0 Å². The molecule has 142 valence electrons. The first-order valence-corrected chi connectivity index (χ1v) is 8.90. The molecular weight excluding hydrogens is 364 g/mol. The molecule has 0 atom stereocenters. The van der Waals surface area contributed by atoms with Crippen molar-refractivity contribution < 1.29 is 13.6 Å². The first-order valence-electron chi connectivity index (χ1n) is 8.90. The monoisotopic (exact) mass is 381 g/mol. The Morgan fingerprint density at radius 3 is 2.61 bits per heavy atom. The van der Waals surface area contributed by atoms with Gasteiger partial charge in [0.25, 0.3) is 11.5 Å². The van der Waals surface area contributed by atoms with Crippen LogP contribution in [0.5, 0.6) is 0 Å². The first kappa shape index (κ1) is 18.0. The molecule has 1 amide bonds. The van der Waals surface area contributed by atoms with Gasteiger partial charge < -0.3 is 9.88 Å². The maximum absolute atomic E-state index is 13.4. The maximum atomic E-state index is 13.4. The minimum Gasteiger partial charge on any atom is -0.334 e. The van der Waals surface area contributed by atoms with Gasteiger partial charge in [0, 0.05) is 24.9 Å². The summed E-state index contributed by atoms with van der Waals surface area (Å²) >= 11 is 0. The highest BCUT2D eigenvalue weighted by molar-refractivity contribution is 5.94. The Balaban J connectivity index is 1.56. The fourth-order valence-electron chi connectivity index (χ4n) is 3.38. The number of H-pyrrole nitrogens is 1. The van der Waals surface area contributed by atoms with E-state index in [1.807, 2.05) is 0 Å². The van der Waals surface area contributed by atoms with Crippen LogP contribution in [-0.4, -0.2) is 27.3 Å². The van der Waals surface area contributed by atoms with Gasteiger partial charge in [-0.2, -0.15) is 0 Å². The zero-order valence-corrected chi connectivity index (χ0v) is 14.9. The lowest BCUT2D eigenvalue weighted by Gasteiger charge is -2.28. The number of hydrogen-bond acceptors (Lipinski definition) is 3. The third-order valence-electron chi connectivity index (χ3n) is 4.74. The molecule has 0 radical (unpaired) electrons. The van der Waals surface area contributed by atoms with Gasteiger partial charge in [-0.05, 0) is 35.9 Å². The van der Waals surface area contributed by atoms with Crippen molar-refractivity contribution in [3.63, 3.8) is 0 Å². The zero-order valence-electron chi connectivity index (χ0n) is 14.9. The van der Waals surface area contributed by atoms with Crippen molar-refractivity contribution in [1.82, 2.24) is 14.9 Å². The molecule has 4 rings (SSSR count). The summed E-state index contributed by atoms with van der Waals surface area (Å²) in [6, 6.07) is 11.6. The number of benzene rings is 2. The number of rotatable bonds is 3. The molecule has 0 spiro atoms. The van der Waals surface area contributed by atoms with Gasteiger partial charge in [-0.25, -0.2) is 13.8 Å². The SMILES string of the molecule is O=C(c1cccc(F)c1)N1CCc2nc(Cc3cccc(F)c3)[nH]c(=O)c2C1. The van der Waals surface area contributed by atoms with Crippen molar-refractivity contribution >= 4 is 5.91 Å². The van der Waals surface area contributed by atoms with Gasteiger partial charge >= 0.3 is 0 Å². The molecule has 0 aliphatic carbocycles. The third kappa shape index (κ3) is 3.69. The Kier molecular flexibility index (Phi) is 4.73. The number of amides is 1. The number of nitrogens with one attached hydrogen (secondary N) is 1. The lowest BCUT2D eigenvalue weighted by Crippen LogP contribution is -2.39. The summed E-state index contributed by atoms with van der Waals surface area (Å²) in [5.74, 6) is -0.693. The van der Waals surface area contributed by atoms with E-state index in [0.29, 0.717) is 42.0 Å². The largest absolute Gasteiger partial charge is 0.334 e. The lowest BCUT2D eigenvalue weighted by atomic mass is 10.0. The van der Waals surface area contributed by atoms with Gasteiger partial charge in [0.2, 0.25) is 0 Å². The van der Waals surface area contributed by atoms with Gasteiger partial charge in [-0.15, -0.1) is 0 Å². The molecule has 2 aromatic carbocycles. The van der Waals surface area contributed by atoms with Crippen LogP contribution in [0.15, 0.2) is 53.3 Å². The van der Waals surface area contributed by atoms with E-state index in [4.69, 9.17) is 0 Å². The van der Waals surface area contributed by atoms with E-state index in [2.05, 4.69) is 9.97 Å². The van der Waals surface area contributed by atoms with Crippen LogP contribution in [0.25, 0.3) is 0 Å². The van der Waals surface area contributed by atoms with E-state index in [0.717, 1.165) is 0 Å². The van der Waals surface area contributed by atoms with Crippen LogP contribution in [-0.2, 0) is 19.4 Å². The Morgan fingerprint density at radius 1 is 1.11 bits per heavy atom. The van der Waals surface area contributed by atoms with Gasteiger partial charge in [0.15, 0.2) is 0 Å². The highest BCUT2D eigenvalue weighted by Crippen LogP contribution is 2.18. The molecule has 28 heavy (non-hydrogen) atoms. The Labute approximate surface area is 159 Å². The summed E-state index contributed by atoms with van der Waals surface area (Å²) < 4.78 is 26.7. The van der Waals surface area contributed by atoms with E-state index in [-0.39, 0.29) is 29.4 Å². The van der Waals surface area contributed by atoms with Crippen molar-refractivity contribution in [2.75, 3.05) is 6.54 Å². The number of hydrogen-bond donors (Lipinski definition) is 1. The topological polar surface area (TPSA) is 66.1 Å². The molecule has 1 N–H and O–H groups in total. The molecule has 0 saturated heterocycles. The van der Waals surface area contributed by atoms with E-state index in [9.17, 15) is 18.4 Å². The van der Waals surface area contributed by atoms with E-state index in [1.54, 1.807) is 18.2 Å².